The standard InChI is InChI=1S/C20H29NO2/c22-19-11-9-18(10-12-19)20(23,17-7-3-1-4-8-17)13-16-21-14-5-2-6-15-21/h1,3-4,7-8,18,23H,2,5-6,9-16H2. The first kappa shape index (κ1) is 16.7. The summed E-state index contributed by atoms with van der Waals surface area (Å²) in [5.74, 6) is 0.556. The van der Waals surface area contributed by atoms with Crippen LogP contribution in [-0.2, 0) is 10.4 Å². The molecule has 1 heterocycles. The van der Waals surface area contributed by atoms with Gasteiger partial charge in [-0.25, -0.2) is 0 Å². The van der Waals surface area contributed by atoms with Gasteiger partial charge in [0.2, 0.25) is 0 Å². The third-order valence-electron chi connectivity index (χ3n) is 5.75. The minimum Gasteiger partial charge on any atom is -0.385 e. The van der Waals surface area contributed by atoms with Crippen LogP contribution in [0.5, 0.6) is 0 Å². The molecule has 1 saturated heterocycles. The quantitative estimate of drug-likeness (QED) is 0.904. The summed E-state index contributed by atoms with van der Waals surface area (Å²) in [5.41, 5.74) is 0.232. The number of Topliss-reactive ketones (excluding diaryl/α,β-unsaturated/α-hetero) is 1. The van der Waals surface area contributed by atoms with Crippen LogP contribution in [0.25, 0.3) is 0 Å². The normalized spacial score (nSPS) is 23.6. The molecule has 23 heavy (non-hydrogen) atoms. The van der Waals surface area contributed by atoms with E-state index in [9.17, 15) is 9.90 Å². The van der Waals surface area contributed by atoms with Crippen LogP contribution in [-0.4, -0.2) is 35.4 Å². The van der Waals surface area contributed by atoms with Crippen LogP contribution in [0, 0.1) is 5.92 Å². The molecule has 1 aromatic rings. The number of nitrogens with zero attached hydrogens (tertiary/aromatic N) is 1. The second kappa shape index (κ2) is 7.59. The number of rotatable bonds is 5. The van der Waals surface area contributed by atoms with Crippen LogP contribution < -0.4 is 0 Å². The summed E-state index contributed by atoms with van der Waals surface area (Å²) in [6, 6.07) is 10.1. The van der Waals surface area contributed by atoms with E-state index in [2.05, 4.69) is 4.90 Å². The highest BCUT2D eigenvalue weighted by atomic mass is 16.3. The summed E-state index contributed by atoms with van der Waals surface area (Å²) in [6.45, 7) is 3.28. The first-order chi connectivity index (χ1) is 11.2. The van der Waals surface area contributed by atoms with Crippen molar-refractivity contribution in [1.29, 1.82) is 0 Å². The fourth-order valence-corrected chi connectivity index (χ4v) is 4.24. The Morgan fingerprint density at radius 2 is 1.70 bits per heavy atom. The molecule has 1 saturated carbocycles. The molecule has 0 amide bonds. The van der Waals surface area contributed by atoms with Gasteiger partial charge in [-0.2, -0.15) is 0 Å². The molecule has 1 aromatic carbocycles. The Kier molecular flexibility index (Phi) is 5.50. The van der Waals surface area contributed by atoms with E-state index in [1.807, 2.05) is 30.3 Å². The predicted octanol–water partition coefficient (Wildman–Crippen LogP) is 3.51. The van der Waals surface area contributed by atoms with Crippen molar-refractivity contribution in [2.24, 2.45) is 5.92 Å². The highest BCUT2D eigenvalue weighted by molar-refractivity contribution is 5.79. The van der Waals surface area contributed by atoms with E-state index >= 15 is 0 Å². The lowest BCUT2D eigenvalue weighted by Crippen LogP contribution is -2.42. The van der Waals surface area contributed by atoms with E-state index in [0.29, 0.717) is 18.6 Å². The third-order valence-corrected chi connectivity index (χ3v) is 5.75. The van der Waals surface area contributed by atoms with Crippen LogP contribution in [0.3, 0.4) is 0 Å². The smallest absolute Gasteiger partial charge is 0.132 e. The number of aliphatic hydroxyl groups is 1. The molecule has 3 nitrogen and oxygen atoms in total. The number of carbonyl (C=O) groups is 1. The molecule has 0 radical (unpaired) electrons. The zero-order chi connectivity index (χ0) is 16.1. The number of hydrogen-bond donors (Lipinski definition) is 1. The van der Waals surface area contributed by atoms with Gasteiger partial charge in [-0.3, -0.25) is 4.79 Å². The molecule has 1 unspecified atom stereocenters. The first-order valence-electron chi connectivity index (χ1n) is 9.20. The van der Waals surface area contributed by atoms with Crippen molar-refractivity contribution < 1.29 is 9.90 Å². The summed E-state index contributed by atoms with van der Waals surface area (Å²) in [7, 11) is 0. The molecule has 1 aliphatic heterocycles. The van der Waals surface area contributed by atoms with Crippen molar-refractivity contribution in [3.63, 3.8) is 0 Å². The fourth-order valence-electron chi connectivity index (χ4n) is 4.24. The number of ketones is 1. The maximum Gasteiger partial charge on any atom is 0.132 e. The van der Waals surface area contributed by atoms with Crippen molar-refractivity contribution in [2.45, 2.75) is 57.0 Å². The van der Waals surface area contributed by atoms with Gasteiger partial charge in [-0.05, 0) is 56.7 Å². The zero-order valence-electron chi connectivity index (χ0n) is 14.0. The second-order valence-corrected chi connectivity index (χ2v) is 7.26. The van der Waals surface area contributed by atoms with Gasteiger partial charge < -0.3 is 10.0 Å². The average Bonchev–Trinajstić information content (AvgIpc) is 2.62. The first-order valence-corrected chi connectivity index (χ1v) is 9.20. The summed E-state index contributed by atoms with van der Waals surface area (Å²) in [5, 5.41) is 11.6. The molecule has 0 spiro atoms. The fraction of sp³-hybridized carbons (Fsp3) is 0.650. The number of hydrogen-bond acceptors (Lipinski definition) is 3. The summed E-state index contributed by atoms with van der Waals surface area (Å²) >= 11 is 0. The van der Waals surface area contributed by atoms with E-state index in [1.54, 1.807) is 0 Å². The molecular formula is C20H29NO2. The van der Waals surface area contributed by atoms with Gasteiger partial charge in [-0.1, -0.05) is 36.8 Å². The Bertz CT molecular complexity index is 500. The third kappa shape index (κ3) is 4.02. The molecule has 2 aliphatic rings. The number of benzene rings is 1. The molecule has 0 aromatic heterocycles. The Balaban J connectivity index is 1.74. The Labute approximate surface area is 139 Å². The lowest BCUT2D eigenvalue weighted by atomic mass is 9.71. The Hall–Kier alpha value is -1.19. The average molecular weight is 315 g/mol. The molecule has 1 aliphatic carbocycles. The molecule has 1 N–H and O–H groups in total. The number of piperidine rings is 1. The van der Waals surface area contributed by atoms with Crippen LogP contribution in [0.1, 0.15) is 56.9 Å². The van der Waals surface area contributed by atoms with Gasteiger partial charge in [0, 0.05) is 19.4 Å². The highest BCUT2D eigenvalue weighted by Gasteiger charge is 2.40. The Morgan fingerprint density at radius 3 is 2.35 bits per heavy atom. The van der Waals surface area contributed by atoms with E-state index in [1.165, 1.54) is 19.3 Å². The van der Waals surface area contributed by atoms with Crippen molar-refractivity contribution in [1.82, 2.24) is 4.90 Å². The van der Waals surface area contributed by atoms with Gasteiger partial charge in [0.1, 0.15) is 5.78 Å². The minimum atomic E-state index is -0.792. The summed E-state index contributed by atoms with van der Waals surface area (Å²) in [6.07, 6.45) is 7.57. The van der Waals surface area contributed by atoms with Crippen molar-refractivity contribution in [2.75, 3.05) is 19.6 Å². The second-order valence-electron chi connectivity index (χ2n) is 7.26. The molecular weight excluding hydrogens is 286 g/mol. The number of likely N-dealkylation sites (tertiary alicyclic amines) is 1. The van der Waals surface area contributed by atoms with Gasteiger partial charge in [0.05, 0.1) is 5.60 Å². The largest absolute Gasteiger partial charge is 0.385 e. The predicted molar refractivity (Wildman–Crippen MR) is 92.2 cm³/mol. The van der Waals surface area contributed by atoms with Crippen LogP contribution >= 0.6 is 0 Å². The van der Waals surface area contributed by atoms with Crippen molar-refractivity contribution in [3.05, 3.63) is 35.9 Å². The van der Waals surface area contributed by atoms with Gasteiger partial charge in [-0.15, -0.1) is 0 Å². The molecule has 3 rings (SSSR count). The van der Waals surface area contributed by atoms with Crippen molar-refractivity contribution >= 4 is 5.78 Å². The Morgan fingerprint density at radius 1 is 1.04 bits per heavy atom. The van der Waals surface area contributed by atoms with Crippen LogP contribution in [0.4, 0.5) is 0 Å². The van der Waals surface area contributed by atoms with Crippen LogP contribution in [0.2, 0.25) is 0 Å². The summed E-state index contributed by atoms with van der Waals surface area (Å²) in [4.78, 5) is 14.1. The molecule has 3 heteroatoms. The van der Waals surface area contributed by atoms with E-state index in [-0.39, 0.29) is 5.92 Å². The van der Waals surface area contributed by atoms with Gasteiger partial charge in [0.25, 0.3) is 0 Å². The van der Waals surface area contributed by atoms with Crippen LogP contribution in [0.15, 0.2) is 30.3 Å². The van der Waals surface area contributed by atoms with E-state index < -0.39 is 5.60 Å². The lowest BCUT2D eigenvalue weighted by Gasteiger charge is -2.40. The molecule has 126 valence electrons. The minimum absolute atomic E-state index is 0.201. The summed E-state index contributed by atoms with van der Waals surface area (Å²) < 4.78 is 0. The van der Waals surface area contributed by atoms with E-state index in [0.717, 1.165) is 44.5 Å². The van der Waals surface area contributed by atoms with Gasteiger partial charge >= 0.3 is 0 Å². The molecule has 0 bridgehead atoms. The zero-order valence-corrected chi connectivity index (χ0v) is 14.0. The van der Waals surface area contributed by atoms with Crippen molar-refractivity contribution in [3.8, 4) is 0 Å². The van der Waals surface area contributed by atoms with Gasteiger partial charge in [0.15, 0.2) is 0 Å². The number of carbonyl (C=O) groups excluding carboxylic acids is 1. The SMILES string of the molecule is O=C1CCC(C(O)(CCN2CCCCC2)c2ccccc2)CC1. The topological polar surface area (TPSA) is 40.5 Å². The molecule has 1 atom stereocenters. The van der Waals surface area contributed by atoms with E-state index in [4.69, 9.17) is 0 Å². The lowest BCUT2D eigenvalue weighted by molar-refractivity contribution is -0.124. The maximum absolute atomic E-state index is 11.6. The molecule has 2 fully saturated rings. The monoisotopic (exact) mass is 315 g/mol. The highest BCUT2D eigenvalue weighted by Crippen LogP contribution is 2.41. The maximum atomic E-state index is 11.6.